The van der Waals surface area contributed by atoms with Gasteiger partial charge in [-0.15, -0.1) is 11.6 Å². The van der Waals surface area contributed by atoms with Crippen LogP contribution in [0, 0.1) is 6.92 Å². The Balaban J connectivity index is 2.44. The van der Waals surface area contributed by atoms with Gasteiger partial charge in [-0.25, -0.2) is 4.79 Å². The zero-order valence-electron chi connectivity index (χ0n) is 11.2. The molecular weight excluding hydrogens is 302 g/mol. The van der Waals surface area contributed by atoms with Gasteiger partial charge in [0.15, 0.2) is 0 Å². The maximum atomic E-state index is 11.9. The van der Waals surface area contributed by atoms with Crippen molar-refractivity contribution in [2.45, 2.75) is 31.2 Å². The number of aliphatic hydroxyl groups is 1. The third-order valence-corrected chi connectivity index (χ3v) is 4.00. The van der Waals surface area contributed by atoms with E-state index in [0.29, 0.717) is 5.56 Å². The lowest BCUT2D eigenvalue weighted by molar-refractivity contribution is -0.0899. The highest BCUT2D eigenvalue weighted by Gasteiger charge is 2.48. The van der Waals surface area contributed by atoms with Crippen molar-refractivity contribution in [2.24, 2.45) is 5.11 Å². The Morgan fingerprint density at radius 1 is 1.71 bits per heavy atom. The zero-order valence-corrected chi connectivity index (χ0v) is 11.9. The van der Waals surface area contributed by atoms with Gasteiger partial charge < -0.3 is 9.84 Å². The second-order valence-corrected chi connectivity index (χ2v) is 5.13. The van der Waals surface area contributed by atoms with Crippen LogP contribution in [0.1, 0.15) is 18.2 Å². The van der Waals surface area contributed by atoms with Gasteiger partial charge in [0.25, 0.3) is 5.56 Å². The summed E-state index contributed by atoms with van der Waals surface area (Å²) >= 11 is 5.83. The Bertz CT molecular complexity index is 689. The number of aryl methyl sites for hydroxylation is 1. The molecule has 1 saturated heterocycles. The average Bonchev–Trinajstić information content (AvgIpc) is 2.82. The smallest absolute Gasteiger partial charge is 0.330 e. The summed E-state index contributed by atoms with van der Waals surface area (Å²) in [6.45, 7) is 1.10. The Morgan fingerprint density at radius 3 is 3.00 bits per heavy atom. The molecule has 0 unspecified atom stereocenters. The van der Waals surface area contributed by atoms with Crippen LogP contribution in [-0.2, 0) is 4.74 Å². The largest absolute Gasteiger partial charge is 0.393 e. The summed E-state index contributed by atoms with van der Waals surface area (Å²) in [5.74, 6) is -0.0965. The van der Waals surface area contributed by atoms with E-state index in [1.165, 1.54) is 10.8 Å². The van der Waals surface area contributed by atoms with E-state index in [1.54, 1.807) is 6.92 Å². The molecule has 1 aliphatic rings. The van der Waals surface area contributed by atoms with Crippen LogP contribution in [-0.4, -0.2) is 38.8 Å². The molecule has 0 bridgehead atoms. The molecule has 9 nitrogen and oxygen atoms in total. The minimum atomic E-state index is -1.25. The van der Waals surface area contributed by atoms with Crippen molar-refractivity contribution in [3.8, 4) is 0 Å². The first-order valence-corrected chi connectivity index (χ1v) is 6.72. The molecule has 0 radical (unpaired) electrons. The summed E-state index contributed by atoms with van der Waals surface area (Å²) in [7, 11) is 0. The van der Waals surface area contributed by atoms with E-state index in [9.17, 15) is 14.7 Å². The van der Waals surface area contributed by atoms with Crippen molar-refractivity contribution in [1.82, 2.24) is 9.55 Å². The molecule has 0 amide bonds. The normalized spacial score (nSPS) is 28.3. The molecule has 2 N–H and O–H groups in total. The summed E-state index contributed by atoms with van der Waals surface area (Å²) in [5.41, 5.74) is 6.57. The molecule has 0 saturated carbocycles. The SMILES string of the molecule is Cc1cn([C@H]2C[C@H](N=[N+]=[N-])[C@](CO)(CCl)O2)c(=O)[nH]c1=O. The number of hydrogen-bond acceptors (Lipinski definition) is 5. The number of halogens is 1. The fraction of sp³-hybridized carbons (Fsp3) is 0.636. The lowest BCUT2D eigenvalue weighted by Crippen LogP contribution is -2.44. The number of aromatic amines is 1. The van der Waals surface area contributed by atoms with E-state index in [4.69, 9.17) is 21.9 Å². The third-order valence-electron chi connectivity index (χ3n) is 3.54. The number of aromatic nitrogens is 2. The number of alkyl halides is 1. The first-order chi connectivity index (χ1) is 9.97. The van der Waals surface area contributed by atoms with E-state index in [-0.39, 0.29) is 12.3 Å². The summed E-state index contributed by atoms with van der Waals surface area (Å²) in [6, 6.07) is -0.714. The minimum absolute atomic E-state index is 0.0965. The van der Waals surface area contributed by atoms with E-state index in [1.807, 2.05) is 0 Å². The number of nitrogens with one attached hydrogen (secondary N) is 1. The van der Waals surface area contributed by atoms with Crippen LogP contribution in [0.15, 0.2) is 20.9 Å². The summed E-state index contributed by atoms with van der Waals surface area (Å²) in [6.07, 6.45) is 0.748. The standard InChI is InChI=1S/C11H14ClN5O4/c1-6-3-17(10(20)14-9(6)19)8-2-7(15-16-13)11(4-12,5-18)21-8/h3,7-8,18H,2,4-5H2,1H3,(H,14,19,20)/t7-,8+,11+/m0/s1. The zero-order chi connectivity index (χ0) is 15.6. The fourth-order valence-corrected chi connectivity index (χ4v) is 2.62. The van der Waals surface area contributed by atoms with E-state index in [2.05, 4.69) is 15.0 Å². The van der Waals surface area contributed by atoms with Crippen LogP contribution in [0.2, 0.25) is 0 Å². The maximum absolute atomic E-state index is 11.9. The molecule has 1 aromatic rings. The topological polar surface area (TPSA) is 133 Å². The van der Waals surface area contributed by atoms with Crippen molar-refractivity contribution in [1.29, 1.82) is 0 Å². The minimum Gasteiger partial charge on any atom is -0.393 e. The van der Waals surface area contributed by atoms with Gasteiger partial charge in [-0.2, -0.15) is 0 Å². The highest BCUT2D eigenvalue weighted by Crippen LogP contribution is 2.38. The number of hydrogen-bond donors (Lipinski definition) is 2. The number of azide groups is 1. The molecule has 2 heterocycles. The van der Waals surface area contributed by atoms with E-state index < -0.39 is 35.7 Å². The van der Waals surface area contributed by atoms with Crippen LogP contribution in [0.3, 0.4) is 0 Å². The summed E-state index contributed by atoms with van der Waals surface area (Å²) in [5, 5.41) is 13.1. The molecule has 10 heteroatoms. The Morgan fingerprint density at radius 2 is 2.43 bits per heavy atom. The van der Waals surface area contributed by atoms with Crippen LogP contribution < -0.4 is 11.2 Å². The first kappa shape index (κ1) is 15.6. The quantitative estimate of drug-likeness (QED) is 0.360. The number of nitrogens with zero attached hydrogens (tertiary/aromatic N) is 4. The number of rotatable bonds is 4. The molecular formula is C11H14ClN5O4. The van der Waals surface area contributed by atoms with Gasteiger partial charge in [0.05, 0.1) is 18.5 Å². The molecule has 0 aromatic carbocycles. The van der Waals surface area contributed by atoms with Gasteiger partial charge >= 0.3 is 5.69 Å². The lowest BCUT2D eigenvalue weighted by Gasteiger charge is -2.28. The molecule has 1 aliphatic heterocycles. The molecule has 2 rings (SSSR count). The summed E-state index contributed by atoms with van der Waals surface area (Å²) in [4.78, 5) is 28.1. The molecule has 21 heavy (non-hydrogen) atoms. The third kappa shape index (κ3) is 2.68. The lowest BCUT2D eigenvalue weighted by atomic mass is 9.98. The van der Waals surface area contributed by atoms with Gasteiger partial charge in [0, 0.05) is 23.1 Å². The van der Waals surface area contributed by atoms with Gasteiger partial charge in [-0.05, 0) is 12.5 Å². The molecule has 1 fully saturated rings. The monoisotopic (exact) mass is 315 g/mol. The van der Waals surface area contributed by atoms with E-state index >= 15 is 0 Å². The highest BCUT2D eigenvalue weighted by atomic mass is 35.5. The van der Waals surface area contributed by atoms with Gasteiger partial charge in [0.1, 0.15) is 11.8 Å². The van der Waals surface area contributed by atoms with Gasteiger partial charge in [0.2, 0.25) is 0 Å². The van der Waals surface area contributed by atoms with Crippen LogP contribution in [0.4, 0.5) is 0 Å². The van der Waals surface area contributed by atoms with Crippen molar-refractivity contribution >= 4 is 11.6 Å². The second kappa shape index (κ2) is 5.90. The van der Waals surface area contributed by atoms with Crippen LogP contribution in [0.25, 0.3) is 10.4 Å². The van der Waals surface area contributed by atoms with Gasteiger partial charge in [-0.3, -0.25) is 14.3 Å². The number of H-pyrrole nitrogens is 1. The average molecular weight is 316 g/mol. The van der Waals surface area contributed by atoms with Crippen molar-refractivity contribution in [3.63, 3.8) is 0 Å². The van der Waals surface area contributed by atoms with Crippen LogP contribution >= 0.6 is 11.6 Å². The Kier molecular flexibility index (Phi) is 4.38. The Labute approximate surface area is 123 Å². The maximum Gasteiger partial charge on any atom is 0.330 e. The molecule has 0 spiro atoms. The predicted molar refractivity (Wildman–Crippen MR) is 74.3 cm³/mol. The number of ether oxygens (including phenoxy) is 1. The van der Waals surface area contributed by atoms with Crippen molar-refractivity contribution in [3.05, 3.63) is 43.0 Å². The predicted octanol–water partition coefficient (Wildman–Crippen LogP) is 0.413. The van der Waals surface area contributed by atoms with Crippen LogP contribution in [0.5, 0.6) is 0 Å². The Hall–Kier alpha value is -1.80. The molecule has 114 valence electrons. The molecule has 0 aliphatic carbocycles. The van der Waals surface area contributed by atoms with Crippen molar-refractivity contribution < 1.29 is 9.84 Å². The first-order valence-electron chi connectivity index (χ1n) is 6.18. The number of aliphatic hydroxyl groups excluding tert-OH is 1. The molecule has 1 aromatic heterocycles. The molecule has 3 atom stereocenters. The van der Waals surface area contributed by atoms with Gasteiger partial charge in [-0.1, -0.05) is 5.11 Å². The van der Waals surface area contributed by atoms with Crippen molar-refractivity contribution in [2.75, 3.05) is 12.5 Å². The summed E-state index contributed by atoms with van der Waals surface area (Å²) < 4.78 is 6.86. The highest BCUT2D eigenvalue weighted by molar-refractivity contribution is 6.18. The second-order valence-electron chi connectivity index (χ2n) is 4.86. The van der Waals surface area contributed by atoms with E-state index in [0.717, 1.165) is 0 Å². The fourth-order valence-electron chi connectivity index (χ4n) is 2.29.